The van der Waals surface area contributed by atoms with Crippen LogP contribution in [0.2, 0.25) is 0 Å². The normalized spacial score (nSPS) is 11.6. The fourth-order valence-electron chi connectivity index (χ4n) is 2.65. The zero-order valence-electron chi connectivity index (χ0n) is 11.5. The Morgan fingerprint density at radius 3 is 2.42 bits per heavy atom. The summed E-state index contributed by atoms with van der Waals surface area (Å²) in [5.74, 6) is 0.238. The number of rotatable bonds is 2. The van der Waals surface area contributed by atoms with Crippen LogP contribution in [0.25, 0.3) is 21.8 Å². The second-order valence-electron chi connectivity index (χ2n) is 5.33. The number of benzene rings is 2. The Bertz CT molecular complexity index is 780. The van der Waals surface area contributed by atoms with Crippen LogP contribution < -0.4 is 0 Å². The van der Waals surface area contributed by atoms with Gasteiger partial charge in [-0.15, -0.1) is 0 Å². The van der Waals surface area contributed by atoms with E-state index >= 15 is 0 Å². The Morgan fingerprint density at radius 2 is 1.68 bits per heavy atom. The molecule has 0 saturated carbocycles. The lowest BCUT2D eigenvalue weighted by atomic mass is 9.99. The SMILES string of the molecule is CC(C)C(=O)c1ccc2c(c1)c1ccccc1n2C. The zero-order valence-corrected chi connectivity index (χ0v) is 11.5. The van der Waals surface area contributed by atoms with Crippen molar-refractivity contribution in [2.45, 2.75) is 13.8 Å². The highest BCUT2D eigenvalue weighted by molar-refractivity contribution is 6.11. The molecule has 0 fully saturated rings. The highest BCUT2D eigenvalue weighted by Crippen LogP contribution is 2.29. The first-order valence-electron chi connectivity index (χ1n) is 6.61. The van der Waals surface area contributed by atoms with Crippen LogP contribution in [0.4, 0.5) is 0 Å². The molecule has 3 rings (SSSR count). The van der Waals surface area contributed by atoms with Crippen LogP contribution >= 0.6 is 0 Å². The summed E-state index contributed by atoms with van der Waals surface area (Å²) in [5.41, 5.74) is 3.17. The van der Waals surface area contributed by atoms with Gasteiger partial charge in [0.2, 0.25) is 0 Å². The predicted molar refractivity (Wildman–Crippen MR) is 79.6 cm³/mol. The summed E-state index contributed by atoms with van der Waals surface area (Å²) in [6, 6.07) is 14.3. The fraction of sp³-hybridized carbons (Fsp3) is 0.235. The lowest BCUT2D eigenvalue weighted by Crippen LogP contribution is -2.06. The highest BCUT2D eigenvalue weighted by atomic mass is 16.1. The summed E-state index contributed by atoms with van der Waals surface area (Å²) >= 11 is 0. The van der Waals surface area contributed by atoms with Crippen molar-refractivity contribution in [2.24, 2.45) is 13.0 Å². The molecule has 2 nitrogen and oxygen atoms in total. The molecule has 0 atom stereocenters. The molecule has 0 amide bonds. The third-order valence-corrected chi connectivity index (χ3v) is 3.72. The molecule has 0 bridgehead atoms. The smallest absolute Gasteiger partial charge is 0.165 e. The summed E-state index contributed by atoms with van der Waals surface area (Å²) in [6.07, 6.45) is 0. The van der Waals surface area contributed by atoms with Crippen LogP contribution in [0.1, 0.15) is 24.2 Å². The number of hydrogen-bond donors (Lipinski definition) is 0. The van der Waals surface area contributed by atoms with Crippen LogP contribution in [0, 0.1) is 5.92 Å². The lowest BCUT2D eigenvalue weighted by Gasteiger charge is -2.04. The molecular weight excluding hydrogens is 234 g/mol. The molecule has 96 valence electrons. The van der Waals surface area contributed by atoms with Gasteiger partial charge >= 0.3 is 0 Å². The van der Waals surface area contributed by atoms with Gasteiger partial charge in [-0.05, 0) is 24.3 Å². The number of fused-ring (bicyclic) bond motifs is 3. The van der Waals surface area contributed by atoms with Gasteiger partial charge in [-0.3, -0.25) is 4.79 Å². The van der Waals surface area contributed by atoms with Gasteiger partial charge < -0.3 is 4.57 Å². The molecule has 0 unspecified atom stereocenters. The molecular formula is C17H17NO. The summed E-state index contributed by atoms with van der Waals surface area (Å²) in [5, 5.41) is 2.36. The van der Waals surface area contributed by atoms with Gasteiger partial charge in [0.1, 0.15) is 0 Å². The monoisotopic (exact) mass is 251 g/mol. The Morgan fingerprint density at radius 1 is 1.00 bits per heavy atom. The van der Waals surface area contributed by atoms with Gasteiger partial charge in [0.25, 0.3) is 0 Å². The van der Waals surface area contributed by atoms with E-state index in [1.54, 1.807) is 0 Å². The molecule has 0 spiro atoms. The average molecular weight is 251 g/mol. The standard InChI is InChI=1S/C17H17NO/c1-11(2)17(19)12-8-9-16-14(10-12)13-6-4-5-7-15(13)18(16)3/h4-11H,1-3H3. The number of aryl methyl sites for hydroxylation is 1. The number of carbonyl (C=O) groups excluding carboxylic acids is 1. The number of Topliss-reactive ketones (excluding diaryl/α,β-unsaturated/α-hetero) is 1. The van der Waals surface area contributed by atoms with Gasteiger partial charge in [-0.2, -0.15) is 0 Å². The van der Waals surface area contributed by atoms with Gasteiger partial charge in [0.05, 0.1) is 0 Å². The summed E-state index contributed by atoms with van der Waals surface area (Å²) in [7, 11) is 2.06. The van der Waals surface area contributed by atoms with Crippen molar-refractivity contribution in [3.8, 4) is 0 Å². The van der Waals surface area contributed by atoms with Crippen molar-refractivity contribution in [3.05, 3.63) is 48.0 Å². The number of nitrogens with zero attached hydrogens (tertiary/aromatic N) is 1. The molecule has 0 aliphatic carbocycles. The van der Waals surface area contributed by atoms with E-state index in [2.05, 4.69) is 23.7 Å². The molecule has 0 aliphatic rings. The minimum atomic E-state index is 0.0347. The van der Waals surface area contributed by atoms with E-state index in [9.17, 15) is 4.79 Å². The van der Waals surface area contributed by atoms with Crippen LogP contribution in [0.15, 0.2) is 42.5 Å². The first-order chi connectivity index (χ1) is 9.09. The van der Waals surface area contributed by atoms with E-state index in [1.165, 1.54) is 16.4 Å². The third-order valence-electron chi connectivity index (χ3n) is 3.72. The van der Waals surface area contributed by atoms with Crippen molar-refractivity contribution < 1.29 is 4.79 Å². The highest BCUT2D eigenvalue weighted by Gasteiger charge is 2.13. The summed E-state index contributed by atoms with van der Waals surface area (Å²) in [6.45, 7) is 3.88. The first kappa shape index (κ1) is 12.0. The predicted octanol–water partition coefficient (Wildman–Crippen LogP) is 4.17. The quantitative estimate of drug-likeness (QED) is 0.626. The largest absolute Gasteiger partial charge is 0.344 e. The van der Waals surface area contributed by atoms with Gasteiger partial charge in [0, 0.05) is 40.3 Å². The lowest BCUT2D eigenvalue weighted by molar-refractivity contribution is 0.0939. The molecule has 3 aromatic rings. The number of ketones is 1. The van der Waals surface area contributed by atoms with Crippen LogP contribution in [0.3, 0.4) is 0 Å². The van der Waals surface area contributed by atoms with Crippen molar-refractivity contribution in [3.63, 3.8) is 0 Å². The molecule has 0 radical (unpaired) electrons. The fourth-order valence-corrected chi connectivity index (χ4v) is 2.65. The summed E-state index contributed by atoms with van der Waals surface area (Å²) < 4.78 is 2.17. The van der Waals surface area contributed by atoms with Gasteiger partial charge in [-0.1, -0.05) is 32.0 Å². The Kier molecular flexibility index (Phi) is 2.67. The zero-order chi connectivity index (χ0) is 13.6. The molecule has 0 aliphatic heterocycles. The first-order valence-corrected chi connectivity index (χ1v) is 6.61. The van der Waals surface area contributed by atoms with Crippen LogP contribution in [-0.2, 0) is 7.05 Å². The molecule has 19 heavy (non-hydrogen) atoms. The Hall–Kier alpha value is -2.09. The number of para-hydroxylation sites is 1. The molecule has 1 heterocycles. The molecule has 0 N–H and O–H groups in total. The number of hydrogen-bond acceptors (Lipinski definition) is 1. The van der Waals surface area contributed by atoms with Crippen molar-refractivity contribution in [1.82, 2.24) is 4.57 Å². The van der Waals surface area contributed by atoms with E-state index in [4.69, 9.17) is 0 Å². The maximum absolute atomic E-state index is 12.1. The Labute approximate surface area is 112 Å². The van der Waals surface area contributed by atoms with Gasteiger partial charge in [0.15, 0.2) is 5.78 Å². The summed E-state index contributed by atoms with van der Waals surface area (Å²) in [4.78, 5) is 12.1. The van der Waals surface area contributed by atoms with Crippen LogP contribution in [0.5, 0.6) is 0 Å². The second-order valence-corrected chi connectivity index (χ2v) is 5.33. The molecule has 2 aromatic carbocycles. The molecule has 2 heteroatoms. The number of aromatic nitrogens is 1. The van der Waals surface area contributed by atoms with Gasteiger partial charge in [-0.25, -0.2) is 0 Å². The van der Waals surface area contributed by atoms with E-state index in [-0.39, 0.29) is 11.7 Å². The maximum Gasteiger partial charge on any atom is 0.165 e. The minimum absolute atomic E-state index is 0.0347. The minimum Gasteiger partial charge on any atom is -0.344 e. The maximum atomic E-state index is 12.1. The van der Waals surface area contributed by atoms with E-state index in [1.807, 2.05) is 44.2 Å². The van der Waals surface area contributed by atoms with E-state index in [0.717, 1.165) is 10.9 Å². The molecule has 0 saturated heterocycles. The van der Waals surface area contributed by atoms with Crippen molar-refractivity contribution in [1.29, 1.82) is 0 Å². The van der Waals surface area contributed by atoms with Crippen LogP contribution in [-0.4, -0.2) is 10.4 Å². The van der Waals surface area contributed by atoms with Crippen molar-refractivity contribution >= 4 is 27.6 Å². The topological polar surface area (TPSA) is 22.0 Å². The third kappa shape index (κ3) is 1.75. The number of carbonyl (C=O) groups is 1. The van der Waals surface area contributed by atoms with E-state index in [0.29, 0.717) is 0 Å². The van der Waals surface area contributed by atoms with Crippen molar-refractivity contribution in [2.75, 3.05) is 0 Å². The Balaban J connectivity index is 2.34. The van der Waals surface area contributed by atoms with E-state index < -0.39 is 0 Å². The second kappa shape index (κ2) is 4.23. The molecule has 1 aromatic heterocycles. The average Bonchev–Trinajstić information content (AvgIpc) is 2.72.